The van der Waals surface area contributed by atoms with E-state index in [4.69, 9.17) is 0 Å². The van der Waals surface area contributed by atoms with E-state index in [9.17, 15) is 0 Å². The van der Waals surface area contributed by atoms with Crippen LogP contribution in [0.25, 0.3) is 22.8 Å². The first-order valence-electron chi connectivity index (χ1n) is 8.19. The predicted octanol–water partition coefficient (Wildman–Crippen LogP) is 4.17. The van der Waals surface area contributed by atoms with Gasteiger partial charge in [-0.1, -0.05) is 46.6 Å². The van der Waals surface area contributed by atoms with Crippen molar-refractivity contribution < 1.29 is 0 Å². The molecule has 0 atom stereocenters. The fourth-order valence-corrected chi connectivity index (χ4v) is 4.00. The van der Waals surface area contributed by atoms with E-state index >= 15 is 0 Å². The highest BCUT2D eigenvalue weighted by molar-refractivity contribution is 7.98. The van der Waals surface area contributed by atoms with Gasteiger partial charge in [0, 0.05) is 29.4 Å². The average Bonchev–Trinajstić information content (AvgIpc) is 3.37. The molecule has 0 radical (unpaired) electrons. The van der Waals surface area contributed by atoms with Gasteiger partial charge in [0.1, 0.15) is 11.4 Å². The minimum absolute atomic E-state index is 0.803. The van der Waals surface area contributed by atoms with Gasteiger partial charge in [-0.05, 0) is 36.2 Å². The van der Waals surface area contributed by atoms with Crippen LogP contribution in [-0.2, 0) is 12.3 Å². The third-order valence-corrected chi connectivity index (χ3v) is 5.45. The molecule has 0 aliphatic rings. The van der Waals surface area contributed by atoms with Crippen molar-refractivity contribution in [1.82, 2.24) is 29.3 Å². The number of benzene rings is 1. The fraction of sp³-hybridized carbons (Fsp3) is 0.167. The van der Waals surface area contributed by atoms with E-state index in [0.717, 1.165) is 40.2 Å². The molecule has 4 aromatic rings. The standard InChI is InChI=1S/C18H16N6S2/c1-2-24-17(15-5-3-4-10-19-15)21-22-18(24)25-11-13-6-8-14(9-7-13)16-12-26-23-20-16/h3-10,12H,2,11H2,1H3. The van der Waals surface area contributed by atoms with Gasteiger partial charge in [0.25, 0.3) is 0 Å². The van der Waals surface area contributed by atoms with Crippen LogP contribution in [-0.4, -0.2) is 29.3 Å². The van der Waals surface area contributed by atoms with Gasteiger partial charge in [0.05, 0.1) is 0 Å². The second-order valence-corrected chi connectivity index (χ2v) is 7.09. The van der Waals surface area contributed by atoms with E-state index in [1.807, 2.05) is 23.6 Å². The molecule has 3 heterocycles. The zero-order valence-electron chi connectivity index (χ0n) is 14.1. The Kier molecular flexibility index (Phi) is 5.03. The first-order valence-corrected chi connectivity index (χ1v) is 10.0. The molecule has 8 heteroatoms. The van der Waals surface area contributed by atoms with Gasteiger partial charge < -0.3 is 4.57 Å². The van der Waals surface area contributed by atoms with E-state index < -0.39 is 0 Å². The van der Waals surface area contributed by atoms with E-state index in [1.165, 1.54) is 17.1 Å². The number of pyridine rings is 1. The highest BCUT2D eigenvalue weighted by atomic mass is 32.2. The van der Waals surface area contributed by atoms with Crippen molar-refractivity contribution in [3.8, 4) is 22.8 Å². The number of hydrogen-bond donors (Lipinski definition) is 0. The third kappa shape index (κ3) is 3.51. The first kappa shape index (κ1) is 16.9. The Labute approximate surface area is 159 Å². The summed E-state index contributed by atoms with van der Waals surface area (Å²) in [6, 6.07) is 14.2. The average molecular weight is 381 g/mol. The summed E-state index contributed by atoms with van der Waals surface area (Å²) in [5.41, 5.74) is 4.07. The fourth-order valence-electron chi connectivity index (χ4n) is 2.58. The highest BCUT2D eigenvalue weighted by Crippen LogP contribution is 2.26. The van der Waals surface area contributed by atoms with Crippen LogP contribution in [0.4, 0.5) is 0 Å². The topological polar surface area (TPSA) is 69.4 Å². The quantitative estimate of drug-likeness (QED) is 0.468. The molecule has 6 nitrogen and oxygen atoms in total. The van der Waals surface area contributed by atoms with Crippen LogP contribution >= 0.6 is 23.3 Å². The summed E-state index contributed by atoms with van der Waals surface area (Å²) in [4.78, 5) is 4.38. The van der Waals surface area contributed by atoms with Gasteiger partial charge in [-0.15, -0.1) is 15.3 Å². The van der Waals surface area contributed by atoms with Crippen molar-refractivity contribution >= 4 is 23.3 Å². The molecule has 0 amide bonds. The Morgan fingerprint density at radius 1 is 1.00 bits per heavy atom. The molecule has 0 saturated carbocycles. The minimum Gasteiger partial charge on any atom is -0.301 e. The van der Waals surface area contributed by atoms with Crippen LogP contribution in [0.1, 0.15) is 12.5 Å². The Hall–Kier alpha value is -2.58. The zero-order chi connectivity index (χ0) is 17.8. The molecule has 0 N–H and O–H groups in total. The highest BCUT2D eigenvalue weighted by Gasteiger charge is 2.14. The lowest BCUT2D eigenvalue weighted by Crippen LogP contribution is -2.00. The number of thioether (sulfide) groups is 1. The SMILES string of the molecule is CCn1c(SCc2ccc(-c3csnn3)cc2)nnc1-c1ccccn1. The van der Waals surface area contributed by atoms with Gasteiger partial charge in [-0.2, -0.15) is 0 Å². The summed E-state index contributed by atoms with van der Waals surface area (Å²) in [7, 11) is 0. The molecular formula is C18H16N6S2. The van der Waals surface area contributed by atoms with E-state index in [2.05, 4.69) is 60.5 Å². The third-order valence-electron chi connectivity index (χ3n) is 3.90. The van der Waals surface area contributed by atoms with Crippen molar-refractivity contribution in [3.05, 3.63) is 59.6 Å². The molecule has 130 valence electrons. The molecular weight excluding hydrogens is 364 g/mol. The summed E-state index contributed by atoms with van der Waals surface area (Å²) in [5, 5.41) is 15.6. The van der Waals surface area contributed by atoms with Crippen molar-refractivity contribution in [2.75, 3.05) is 0 Å². The summed E-state index contributed by atoms with van der Waals surface area (Å²) < 4.78 is 6.01. The lowest BCUT2D eigenvalue weighted by molar-refractivity contribution is 0.686. The van der Waals surface area contributed by atoms with Crippen molar-refractivity contribution in [2.45, 2.75) is 24.4 Å². The Morgan fingerprint density at radius 2 is 1.88 bits per heavy atom. The number of hydrogen-bond acceptors (Lipinski definition) is 7. The van der Waals surface area contributed by atoms with Crippen molar-refractivity contribution in [1.29, 1.82) is 0 Å². The molecule has 0 unspecified atom stereocenters. The molecule has 0 aliphatic carbocycles. The van der Waals surface area contributed by atoms with E-state index in [-0.39, 0.29) is 0 Å². The Bertz CT molecular complexity index is 965. The van der Waals surface area contributed by atoms with Gasteiger partial charge in [0.15, 0.2) is 11.0 Å². The van der Waals surface area contributed by atoms with E-state index in [0.29, 0.717) is 0 Å². The monoisotopic (exact) mass is 380 g/mol. The first-order chi connectivity index (χ1) is 12.8. The molecule has 0 bridgehead atoms. The zero-order valence-corrected chi connectivity index (χ0v) is 15.7. The second kappa shape index (κ2) is 7.76. The molecule has 3 aromatic heterocycles. The smallest absolute Gasteiger partial charge is 0.191 e. The van der Waals surface area contributed by atoms with Crippen LogP contribution in [0.15, 0.2) is 59.2 Å². The molecule has 26 heavy (non-hydrogen) atoms. The summed E-state index contributed by atoms with van der Waals surface area (Å²) in [5.74, 6) is 1.64. The molecule has 4 rings (SSSR count). The maximum Gasteiger partial charge on any atom is 0.191 e. The lowest BCUT2D eigenvalue weighted by Gasteiger charge is -2.07. The summed E-state index contributed by atoms with van der Waals surface area (Å²) in [6.07, 6.45) is 1.77. The number of nitrogens with zero attached hydrogens (tertiary/aromatic N) is 6. The molecule has 0 spiro atoms. The van der Waals surface area contributed by atoms with Crippen LogP contribution in [0.5, 0.6) is 0 Å². The Balaban J connectivity index is 1.49. The van der Waals surface area contributed by atoms with Crippen LogP contribution < -0.4 is 0 Å². The van der Waals surface area contributed by atoms with Crippen LogP contribution in [0, 0.1) is 0 Å². The van der Waals surface area contributed by atoms with Gasteiger partial charge in [-0.3, -0.25) is 4.98 Å². The van der Waals surface area contributed by atoms with Gasteiger partial charge in [0.2, 0.25) is 0 Å². The number of rotatable bonds is 6. The summed E-state index contributed by atoms with van der Waals surface area (Å²) in [6.45, 7) is 2.90. The van der Waals surface area contributed by atoms with Crippen molar-refractivity contribution in [2.24, 2.45) is 0 Å². The van der Waals surface area contributed by atoms with Gasteiger partial charge >= 0.3 is 0 Å². The molecule has 0 fully saturated rings. The van der Waals surface area contributed by atoms with Gasteiger partial charge in [-0.25, -0.2) is 0 Å². The van der Waals surface area contributed by atoms with E-state index in [1.54, 1.807) is 18.0 Å². The lowest BCUT2D eigenvalue weighted by atomic mass is 10.1. The predicted molar refractivity (Wildman–Crippen MR) is 104 cm³/mol. The summed E-state index contributed by atoms with van der Waals surface area (Å²) >= 11 is 3.04. The largest absolute Gasteiger partial charge is 0.301 e. The van der Waals surface area contributed by atoms with Crippen molar-refractivity contribution in [3.63, 3.8) is 0 Å². The maximum atomic E-state index is 4.38. The second-order valence-electron chi connectivity index (χ2n) is 5.54. The molecule has 0 saturated heterocycles. The minimum atomic E-state index is 0.803. The number of aromatic nitrogens is 6. The normalized spacial score (nSPS) is 11.0. The van der Waals surface area contributed by atoms with Crippen LogP contribution in [0.3, 0.4) is 0 Å². The van der Waals surface area contributed by atoms with Crippen LogP contribution in [0.2, 0.25) is 0 Å². The molecule has 0 aliphatic heterocycles. The maximum absolute atomic E-state index is 4.38. The Morgan fingerprint density at radius 3 is 2.58 bits per heavy atom. The molecule has 1 aromatic carbocycles.